The largest absolute Gasteiger partial charge is 0.0786 e. The Morgan fingerprint density at radius 1 is 1.43 bits per heavy atom. The molecule has 0 spiro atoms. The fourth-order valence-corrected chi connectivity index (χ4v) is 1.36. The summed E-state index contributed by atoms with van der Waals surface area (Å²) in [5.74, 6) is 0. The Morgan fingerprint density at radius 2 is 2.14 bits per heavy atom. The molecule has 0 aromatic rings. The van der Waals surface area contributed by atoms with Gasteiger partial charge in [-0.3, -0.25) is 0 Å². The Balaban J connectivity index is 2.79. The molecule has 0 amide bonds. The van der Waals surface area contributed by atoms with Crippen molar-refractivity contribution in [3.05, 3.63) is 19.3 Å². The van der Waals surface area contributed by atoms with Crippen LogP contribution in [0.4, 0.5) is 0 Å². The molecule has 1 aliphatic rings. The van der Waals surface area contributed by atoms with Crippen LogP contribution < -0.4 is 0 Å². The van der Waals surface area contributed by atoms with Crippen LogP contribution in [-0.4, -0.2) is 0 Å². The second kappa shape index (κ2) is 2.48. The van der Waals surface area contributed by atoms with Crippen molar-refractivity contribution >= 4 is 45.2 Å². The van der Waals surface area contributed by atoms with Gasteiger partial charge in [0, 0.05) is 7.16 Å². The van der Waals surface area contributed by atoms with Crippen molar-refractivity contribution in [1.82, 2.24) is 0 Å². The predicted molar refractivity (Wildman–Crippen MR) is 48.8 cm³/mol. The van der Waals surface area contributed by atoms with Crippen molar-refractivity contribution in [3.8, 4) is 0 Å². The molecular weight excluding hydrogens is 314 g/mol. The topological polar surface area (TPSA) is 0 Å². The molecule has 1 rings (SSSR count). The minimum atomic E-state index is 1.15. The highest BCUT2D eigenvalue weighted by Gasteiger charge is 1.99. The molecule has 7 heavy (non-hydrogen) atoms. The summed E-state index contributed by atoms with van der Waals surface area (Å²) in [4.78, 5) is 0. The molecule has 0 aliphatic heterocycles. The van der Waals surface area contributed by atoms with Crippen molar-refractivity contribution in [1.29, 1.82) is 0 Å². The molecular formula is C5H4I2. The molecule has 1 aliphatic carbocycles. The highest BCUT2D eigenvalue weighted by atomic mass is 127. The Morgan fingerprint density at radius 3 is 2.29 bits per heavy atom. The molecule has 0 heterocycles. The van der Waals surface area contributed by atoms with E-state index in [0.29, 0.717) is 0 Å². The van der Waals surface area contributed by atoms with E-state index < -0.39 is 0 Å². The maximum atomic E-state index is 2.37. The van der Waals surface area contributed by atoms with E-state index in [-0.39, 0.29) is 0 Å². The zero-order chi connectivity index (χ0) is 5.28. The molecule has 0 fully saturated rings. The average molecular weight is 318 g/mol. The average Bonchev–Trinajstić information content (AvgIpc) is 1.91. The van der Waals surface area contributed by atoms with Gasteiger partial charge in [0.25, 0.3) is 0 Å². The van der Waals surface area contributed by atoms with Gasteiger partial charge in [-0.2, -0.15) is 0 Å². The van der Waals surface area contributed by atoms with Crippen LogP contribution in [0, 0.1) is 0 Å². The number of halogens is 2. The third-order valence-corrected chi connectivity index (χ3v) is 3.88. The maximum absolute atomic E-state index is 2.37. The highest BCUT2D eigenvalue weighted by Crippen LogP contribution is 2.28. The van der Waals surface area contributed by atoms with Crippen molar-refractivity contribution in [3.63, 3.8) is 0 Å². The smallest absolute Gasteiger partial charge is 0.0223 e. The highest BCUT2D eigenvalue weighted by molar-refractivity contribution is 14.1. The van der Waals surface area contributed by atoms with Crippen LogP contribution in [0.5, 0.6) is 0 Å². The van der Waals surface area contributed by atoms with E-state index in [2.05, 4.69) is 57.3 Å². The van der Waals surface area contributed by atoms with E-state index in [0.717, 1.165) is 6.42 Å². The van der Waals surface area contributed by atoms with Gasteiger partial charge >= 0.3 is 0 Å². The lowest BCUT2D eigenvalue weighted by molar-refractivity contribution is 1.44. The number of hydrogen-bond donors (Lipinski definition) is 0. The third kappa shape index (κ3) is 1.42. The van der Waals surface area contributed by atoms with Crippen LogP contribution in [0.25, 0.3) is 0 Å². The van der Waals surface area contributed by atoms with Crippen molar-refractivity contribution in [2.24, 2.45) is 0 Å². The lowest BCUT2D eigenvalue weighted by Gasteiger charge is -1.83. The van der Waals surface area contributed by atoms with Gasteiger partial charge in [0.05, 0.1) is 0 Å². The quantitative estimate of drug-likeness (QED) is 0.602. The Hall–Kier alpha value is 0.940. The molecule has 0 saturated heterocycles. The number of allylic oxidation sites excluding steroid dienone is 4. The van der Waals surface area contributed by atoms with Crippen LogP contribution in [0.3, 0.4) is 0 Å². The van der Waals surface area contributed by atoms with Gasteiger partial charge < -0.3 is 0 Å². The summed E-state index contributed by atoms with van der Waals surface area (Å²) < 4.78 is 2.87. The molecule has 0 saturated carbocycles. The van der Waals surface area contributed by atoms with E-state index in [4.69, 9.17) is 0 Å². The second-order valence-corrected chi connectivity index (χ2v) is 3.82. The first-order chi connectivity index (χ1) is 3.30. The van der Waals surface area contributed by atoms with Crippen molar-refractivity contribution in [2.45, 2.75) is 6.42 Å². The van der Waals surface area contributed by atoms with Gasteiger partial charge in [-0.15, -0.1) is 0 Å². The molecule has 0 radical (unpaired) electrons. The lowest BCUT2D eigenvalue weighted by atomic mass is 10.5. The summed E-state index contributed by atoms with van der Waals surface area (Å²) in [5, 5.41) is 0. The Kier molecular flexibility index (Phi) is 2.15. The van der Waals surface area contributed by atoms with Crippen LogP contribution in [0.15, 0.2) is 19.3 Å². The van der Waals surface area contributed by atoms with Gasteiger partial charge in [-0.05, 0) is 51.6 Å². The first-order valence-electron chi connectivity index (χ1n) is 2.01. The minimum Gasteiger partial charge on any atom is -0.0786 e. The summed E-state index contributed by atoms with van der Waals surface area (Å²) in [6, 6.07) is 0. The first-order valence-corrected chi connectivity index (χ1v) is 4.17. The third-order valence-electron chi connectivity index (χ3n) is 0.820. The van der Waals surface area contributed by atoms with E-state index >= 15 is 0 Å². The number of hydrogen-bond acceptors (Lipinski definition) is 0. The second-order valence-electron chi connectivity index (χ2n) is 1.36. The fraction of sp³-hybridized carbons (Fsp3) is 0.200. The summed E-state index contributed by atoms with van der Waals surface area (Å²) in [6.07, 6.45) is 5.49. The van der Waals surface area contributed by atoms with Crippen LogP contribution in [-0.2, 0) is 0 Å². The molecule has 0 N–H and O–H groups in total. The molecule has 38 valence electrons. The molecule has 0 aromatic heterocycles. The van der Waals surface area contributed by atoms with Gasteiger partial charge in [0.1, 0.15) is 0 Å². The minimum absolute atomic E-state index is 1.15. The SMILES string of the molecule is IC1=C(I)CC=C1. The Labute approximate surface area is 70.3 Å². The van der Waals surface area contributed by atoms with Crippen LogP contribution in [0.2, 0.25) is 0 Å². The molecule has 0 nitrogen and oxygen atoms in total. The molecule has 2 heteroatoms. The van der Waals surface area contributed by atoms with E-state index in [1.54, 1.807) is 0 Å². The van der Waals surface area contributed by atoms with Gasteiger partial charge in [0.15, 0.2) is 0 Å². The monoisotopic (exact) mass is 318 g/mol. The van der Waals surface area contributed by atoms with Crippen LogP contribution >= 0.6 is 45.2 Å². The summed E-state index contributed by atoms with van der Waals surface area (Å²) in [6.45, 7) is 0. The van der Waals surface area contributed by atoms with Gasteiger partial charge in [0.2, 0.25) is 0 Å². The van der Waals surface area contributed by atoms with E-state index in [9.17, 15) is 0 Å². The van der Waals surface area contributed by atoms with E-state index in [1.165, 1.54) is 7.16 Å². The summed E-state index contributed by atoms with van der Waals surface area (Å²) in [7, 11) is 0. The molecule has 0 atom stereocenters. The normalized spacial score (nSPS) is 19.1. The molecule has 0 bridgehead atoms. The summed E-state index contributed by atoms with van der Waals surface area (Å²) in [5.41, 5.74) is 0. The van der Waals surface area contributed by atoms with Gasteiger partial charge in [-0.1, -0.05) is 12.2 Å². The standard InChI is InChI=1S/C5H4I2/c6-4-2-1-3-5(4)7/h1-2H,3H2. The molecule has 0 unspecified atom stereocenters. The zero-order valence-electron chi connectivity index (χ0n) is 3.62. The lowest BCUT2D eigenvalue weighted by Crippen LogP contribution is -1.57. The van der Waals surface area contributed by atoms with E-state index in [1.807, 2.05) is 0 Å². The summed E-state index contributed by atoms with van der Waals surface area (Å²) >= 11 is 4.71. The first kappa shape index (κ1) is 6.07. The van der Waals surface area contributed by atoms with Crippen LogP contribution in [0.1, 0.15) is 6.42 Å². The zero-order valence-corrected chi connectivity index (χ0v) is 7.93. The van der Waals surface area contributed by atoms with Crippen molar-refractivity contribution < 1.29 is 0 Å². The predicted octanol–water partition coefficient (Wildman–Crippen LogP) is 3.03. The fourth-order valence-electron chi connectivity index (χ4n) is 0.454. The Bertz CT molecular complexity index is 133. The van der Waals surface area contributed by atoms with Crippen molar-refractivity contribution in [2.75, 3.05) is 0 Å². The maximum Gasteiger partial charge on any atom is 0.0223 e. The number of rotatable bonds is 0. The molecule has 0 aromatic carbocycles. The van der Waals surface area contributed by atoms with Gasteiger partial charge in [-0.25, -0.2) is 0 Å².